The topological polar surface area (TPSA) is 70.2 Å². The third-order valence-corrected chi connectivity index (χ3v) is 5.16. The monoisotopic (exact) mass is 387 g/mol. The Morgan fingerprint density at radius 3 is 2.55 bits per heavy atom. The molecule has 6 nitrogen and oxygen atoms in total. The fraction of sp³-hybridized carbons (Fsp3) is 0.261. The quantitative estimate of drug-likeness (QED) is 0.645. The van der Waals surface area contributed by atoms with E-state index in [9.17, 15) is 4.79 Å². The van der Waals surface area contributed by atoms with Crippen molar-refractivity contribution in [2.24, 2.45) is 0 Å². The molecule has 0 radical (unpaired) electrons. The Hall–Kier alpha value is -3.41. The van der Waals surface area contributed by atoms with Crippen molar-refractivity contribution in [3.63, 3.8) is 0 Å². The lowest BCUT2D eigenvalue weighted by Crippen LogP contribution is -2.18. The van der Waals surface area contributed by atoms with Crippen LogP contribution in [0, 0.1) is 0 Å². The summed E-state index contributed by atoms with van der Waals surface area (Å²) < 4.78 is 0. The number of carbonyl (C=O) groups excluding carboxylic acids is 1. The Morgan fingerprint density at radius 2 is 1.79 bits per heavy atom. The predicted octanol–water partition coefficient (Wildman–Crippen LogP) is 4.64. The van der Waals surface area contributed by atoms with Crippen LogP contribution in [0.3, 0.4) is 0 Å². The number of nitrogens with zero attached hydrogens (tertiary/aromatic N) is 3. The number of para-hydroxylation sites is 1. The molecule has 0 aliphatic carbocycles. The molecule has 2 aromatic carbocycles. The van der Waals surface area contributed by atoms with Crippen molar-refractivity contribution in [3.05, 3.63) is 72.2 Å². The van der Waals surface area contributed by atoms with E-state index in [-0.39, 0.29) is 5.91 Å². The number of rotatable bonds is 6. The molecule has 29 heavy (non-hydrogen) atoms. The highest BCUT2D eigenvalue weighted by molar-refractivity contribution is 6.03. The number of aromatic nitrogens is 2. The zero-order chi connectivity index (χ0) is 20.1. The van der Waals surface area contributed by atoms with E-state index in [0.717, 1.165) is 30.9 Å². The molecule has 2 heterocycles. The van der Waals surface area contributed by atoms with E-state index in [1.165, 1.54) is 30.4 Å². The van der Waals surface area contributed by atoms with Crippen LogP contribution in [0.5, 0.6) is 0 Å². The van der Waals surface area contributed by atoms with Gasteiger partial charge in [-0.25, -0.2) is 9.97 Å². The summed E-state index contributed by atoms with van der Waals surface area (Å²) in [4.78, 5) is 23.4. The van der Waals surface area contributed by atoms with Crippen LogP contribution in [0.1, 0.15) is 35.8 Å². The summed E-state index contributed by atoms with van der Waals surface area (Å²) >= 11 is 0. The summed E-state index contributed by atoms with van der Waals surface area (Å²) in [5, 5.41) is 6.20. The number of benzene rings is 2. The molecule has 0 unspecified atom stereocenters. The average molecular weight is 387 g/mol. The van der Waals surface area contributed by atoms with Crippen LogP contribution < -0.4 is 15.5 Å². The molecular weight excluding hydrogens is 362 g/mol. The molecule has 0 spiro atoms. The molecule has 1 aromatic heterocycles. The third-order valence-electron chi connectivity index (χ3n) is 5.16. The van der Waals surface area contributed by atoms with Gasteiger partial charge in [-0.1, -0.05) is 25.1 Å². The van der Waals surface area contributed by atoms with Crippen molar-refractivity contribution >= 4 is 28.8 Å². The van der Waals surface area contributed by atoms with Gasteiger partial charge in [-0.2, -0.15) is 0 Å². The minimum Gasteiger partial charge on any atom is -0.372 e. The van der Waals surface area contributed by atoms with E-state index in [1.54, 1.807) is 6.07 Å². The van der Waals surface area contributed by atoms with E-state index in [4.69, 9.17) is 0 Å². The van der Waals surface area contributed by atoms with Gasteiger partial charge in [0, 0.05) is 36.2 Å². The van der Waals surface area contributed by atoms with Crippen LogP contribution in [0.25, 0.3) is 0 Å². The summed E-state index contributed by atoms with van der Waals surface area (Å²) in [6.07, 6.45) is 4.80. The first-order valence-corrected chi connectivity index (χ1v) is 10.1. The zero-order valence-corrected chi connectivity index (χ0v) is 16.6. The van der Waals surface area contributed by atoms with Crippen molar-refractivity contribution in [2.75, 3.05) is 28.6 Å². The highest BCUT2D eigenvalue weighted by Crippen LogP contribution is 2.23. The summed E-state index contributed by atoms with van der Waals surface area (Å²) in [7, 11) is 0. The molecule has 1 fully saturated rings. The van der Waals surface area contributed by atoms with Gasteiger partial charge in [0.25, 0.3) is 5.91 Å². The van der Waals surface area contributed by atoms with Gasteiger partial charge in [-0.05, 0) is 55.2 Å². The number of hydrogen-bond donors (Lipinski definition) is 2. The number of carbonyl (C=O) groups is 1. The molecule has 1 aliphatic heterocycles. The molecule has 1 aliphatic rings. The fourth-order valence-electron chi connectivity index (χ4n) is 3.56. The second-order valence-electron chi connectivity index (χ2n) is 7.12. The van der Waals surface area contributed by atoms with Crippen LogP contribution in [0.15, 0.2) is 60.9 Å². The number of amides is 1. The van der Waals surface area contributed by atoms with Gasteiger partial charge in [0.1, 0.15) is 17.8 Å². The van der Waals surface area contributed by atoms with Gasteiger partial charge >= 0.3 is 0 Å². The van der Waals surface area contributed by atoms with Crippen LogP contribution in [-0.2, 0) is 6.42 Å². The number of aryl methyl sites for hydroxylation is 1. The van der Waals surface area contributed by atoms with Crippen LogP contribution in [0.4, 0.5) is 22.9 Å². The second kappa shape index (κ2) is 8.73. The number of anilines is 4. The van der Waals surface area contributed by atoms with Crippen molar-refractivity contribution < 1.29 is 4.79 Å². The maximum absolute atomic E-state index is 12.6. The molecule has 1 amide bonds. The van der Waals surface area contributed by atoms with Gasteiger partial charge in [0.15, 0.2) is 0 Å². The van der Waals surface area contributed by atoms with Crippen molar-refractivity contribution in [2.45, 2.75) is 26.2 Å². The molecule has 6 heteroatoms. The number of nitrogens with one attached hydrogen (secondary N) is 2. The lowest BCUT2D eigenvalue weighted by Gasteiger charge is -2.17. The molecular formula is C23H25N5O. The van der Waals surface area contributed by atoms with Gasteiger partial charge < -0.3 is 15.5 Å². The summed E-state index contributed by atoms with van der Waals surface area (Å²) in [6, 6.07) is 17.7. The van der Waals surface area contributed by atoms with Crippen molar-refractivity contribution in [1.82, 2.24) is 9.97 Å². The first kappa shape index (κ1) is 18.9. The standard InChI is InChI=1S/C23H25N5O/c1-2-17-7-3-4-8-20(17)27-22-15-21(24-16-25-22)23(29)26-18-9-11-19(12-10-18)28-13-5-6-14-28/h3-4,7-12,15-16H,2,5-6,13-14H2,1H3,(H,26,29)(H,24,25,27). The lowest BCUT2D eigenvalue weighted by atomic mass is 10.1. The highest BCUT2D eigenvalue weighted by Gasteiger charge is 2.13. The average Bonchev–Trinajstić information content (AvgIpc) is 3.30. The van der Waals surface area contributed by atoms with E-state index in [0.29, 0.717) is 11.5 Å². The molecule has 2 N–H and O–H groups in total. The summed E-state index contributed by atoms with van der Waals surface area (Å²) in [6.45, 7) is 4.31. The first-order valence-electron chi connectivity index (χ1n) is 10.1. The molecule has 148 valence electrons. The maximum atomic E-state index is 12.6. The van der Waals surface area contributed by atoms with E-state index in [2.05, 4.69) is 50.6 Å². The van der Waals surface area contributed by atoms with E-state index < -0.39 is 0 Å². The lowest BCUT2D eigenvalue weighted by molar-refractivity contribution is 0.102. The second-order valence-corrected chi connectivity index (χ2v) is 7.12. The van der Waals surface area contributed by atoms with Crippen LogP contribution in [-0.4, -0.2) is 29.0 Å². The normalized spacial score (nSPS) is 13.3. The van der Waals surface area contributed by atoms with Crippen molar-refractivity contribution in [3.8, 4) is 0 Å². The van der Waals surface area contributed by atoms with Crippen LogP contribution in [0.2, 0.25) is 0 Å². The fourth-order valence-corrected chi connectivity index (χ4v) is 3.56. The first-order chi connectivity index (χ1) is 14.2. The Labute approximate surface area is 171 Å². The van der Waals surface area contributed by atoms with Crippen molar-refractivity contribution in [1.29, 1.82) is 0 Å². The van der Waals surface area contributed by atoms with E-state index in [1.807, 2.05) is 30.3 Å². The SMILES string of the molecule is CCc1ccccc1Nc1cc(C(=O)Nc2ccc(N3CCCC3)cc2)ncn1. The zero-order valence-electron chi connectivity index (χ0n) is 16.6. The van der Waals surface area contributed by atoms with Gasteiger partial charge in [-0.15, -0.1) is 0 Å². The Kier molecular flexibility index (Phi) is 5.70. The van der Waals surface area contributed by atoms with E-state index >= 15 is 0 Å². The highest BCUT2D eigenvalue weighted by atomic mass is 16.1. The summed E-state index contributed by atoms with van der Waals surface area (Å²) in [5.41, 5.74) is 4.44. The largest absolute Gasteiger partial charge is 0.372 e. The Morgan fingerprint density at radius 1 is 1.03 bits per heavy atom. The Balaban J connectivity index is 1.44. The van der Waals surface area contributed by atoms with Gasteiger partial charge in [0.2, 0.25) is 0 Å². The maximum Gasteiger partial charge on any atom is 0.274 e. The molecule has 1 saturated heterocycles. The summed E-state index contributed by atoms with van der Waals surface area (Å²) in [5.74, 6) is 0.337. The minimum atomic E-state index is -0.256. The predicted molar refractivity (Wildman–Crippen MR) is 117 cm³/mol. The molecule has 0 bridgehead atoms. The molecule has 3 aromatic rings. The van der Waals surface area contributed by atoms with Gasteiger partial charge in [-0.3, -0.25) is 4.79 Å². The molecule has 0 atom stereocenters. The minimum absolute atomic E-state index is 0.256. The smallest absolute Gasteiger partial charge is 0.274 e. The number of hydrogen-bond acceptors (Lipinski definition) is 5. The molecule has 4 rings (SSSR count). The Bertz CT molecular complexity index is 981. The van der Waals surface area contributed by atoms with Crippen LogP contribution >= 0.6 is 0 Å². The third kappa shape index (κ3) is 4.54. The molecule has 0 saturated carbocycles. The van der Waals surface area contributed by atoms with Gasteiger partial charge in [0.05, 0.1) is 0 Å².